The van der Waals surface area contributed by atoms with E-state index in [1.165, 1.54) is 43.1 Å². The van der Waals surface area contributed by atoms with E-state index in [-0.39, 0.29) is 32.7 Å². The van der Waals surface area contributed by atoms with Gasteiger partial charge in [0.1, 0.15) is 0 Å². The molecule has 6 aromatic carbocycles. The van der Waals surface area contributed by atoms with E-state index in [4.69, 9.17) is 0 Å². The fourth-order valence-electron chi connectivity index (χ4n) is 4.16. The van der Waals surface area contributed by atoms with Gasteiger partial charge in [-0.15, -0.1) is 39.7 Å². The summed E-state index contributed by atoms with van der Waals surface area (Å²) in [5.41, 5.74) is 2.20. The van der Waals surface area contributed by atoms with Gasteiger partial charge in [0.2, 0.25) is 0 Å². The standard InChI is InChI=1S/C28H16.Y/c1-2-8-21-15-26-18-24-17-23(13-12-22(24)16-25(26)14-20(21)7-1)28-11-5-9-19-6-3-4-10-27(19)28;/h1-10,12,14-18H;/q-2;. The monoisotopic (exact) mass is 441 g/mol. The van der Waals surface area contributed by atoms with Gasteiger partial charge in [-0.2, -0.15) is 24.3 Å². The Bertz CT molecular complexity index is 1510. The molecule has 0 aromatic heterocycles. The number of hydrogen-bond donors (Lipinski definition) is 0. The molecule has 29 heavy (non-hydrogen) atoms. The van der Waals surface area contributed by atoms with Gasteiger partial charge in [0.25, 0.3) is 0 Å². The molecule has 0 fully saturated rings. The van der Waals surface area contributed by atoms with Crippen LogP contribution >= 0.6 is 0 Å². The van der Waals surface area contributed by atoms with Gasteiger partial charge in [0.15, 0.2) is 0 Å². The van der Waals surface area contributed by atoms with Gasteiger partial charge in [-0.05, 0) is 33.7 Å². The SMILES string of the molecule is [Y].[c-]1cc2cc3cc4ccccc4cc3cc2cc1-c1[c-]ccc2ccccc12. The van der Waals surface area contributed by atoms with Crippen molar-refractivity contribution in [1.29, 1.82) is 0 Å². The van der Waals surface area contributed by atoms with Crippen molar-refractivity contribution in [2.45, 2.75) is 0 Å². The first-order valence-electron chi connectivity index (χ1n) is 9.53. The molecule has 0 saturated carbocycles. The molecule has 0 atom stereocenters. The van der Waals surface area contributed by atoms with Crippen molar-refractivity contribution >= 4 is 43.1 Å². The summed E-state index contributed by atoms with van der Waals surface area (Å²) in [6.45, 7) is 0. The first-order valence-corrected chi connectivity index (χ1v) is 9.53. The molecular weight excluding hydrogens is 425 g/mol. The number of fused-ring (bicyclic) bond motifs is 4. The molecule has 1 heteroatoms. The molecule has 0 spiro atoms. The maximum absolute atomic E-state index is 3.49. The Morgan fingerprint density at radius 3 is 1.83 bits per heavy atom. The Balaban J connectivity index is 0.00000181. The van der Waals surface area contributed by atoms with Crippen LogP contribution in [0.3, 0.4) is 0 Å². The predicted octanol–water partition coefficient (Wildman–Crippen LogP) is 7.56. The molecule has 0 bridgehead atoms. The third kappa shape index (κ3) is 3.17. The maximum Gasteiger partial charge on any atom is 0 e. The van der Waals surface area contributed by atoms with Crippen molar-refractivity contribution < 1.29 is 32.7 Å². The summed E-state index contributed by atoms with van der Waals surface area (Å²) in [7, 11) is 0. The van der Waals surface area contributed by atoms with Crippen LogP contribution in [0.2, 0.25) is 0 Å². The van der Waals surface area contributed by atoms with Gasteiger partial charge < -0.3 is 0 Å². The largest absolute Gasteiger partial charge is 0.225 e. The quantitative estimate of drug-likeness (QED) is 0.182. The van der Waals surface area contributed by atoms with Crippen LogP contribution in [0.25, 0.3) is 54.2 Å². The zero-order valence-electron chi connectivity index (χ0n) is 15.8. The van der Waals surface area contributed by atoms with Gasteiger partial charge in [-0.25, -0.2) is 11.1 Å². The molecule has 6 aromatic rings. The van der Waals surface area contributed by atoms with Crippen molar-refractivity contribution in [1.82, 2.24) is 0 Å². The molecule has 0 heterocycles. The molecule has 1 radical (unpaired) electrons. The topological polar surface area (TPSA) is 0 Å². The molecule has 0 N–H and O–H groups in total. The second-order valence-electron chi connectivity index (χ2n) is 7.31. The van der Waals surface area contributed by atoms with E-state index < -0.39 is 0 Å². The molecule has 0 amide bonds. The molecule has 133 valence electrons. The van der Waals surface area contributed by atoms with Crippen molar-refractivity contribution in [2.24, 2.45) is 0 Å². The Labute approximate surface area is 195 Å². The summed E-state index contributed by atoms with van der Waals surface area (Å²) in [6, 6.07) is 41.5. The minimum atomic E-state index is 0. The van der Waals surface area contributed by atoms with Gasteiger partial charge in [-0.3, -0.25) is 0 Å². The smallest absolute Gasteiger partial charge is 0 e. The van der Waals surface area contributed by atoms with E-state index in [0.29, 0.717) is 0 Å². The molecule has 0 aliphatic carbocycles. The van der Waals surface area contributed by atoms with Crippen molar-refractivity contribution in [2.75, 3.05) is 0 Å². The second-order valence-corrected chi connectivity index (χ2v) is 7.31. The fourth-order valence-corrected chi connectivity index (χ4v) is 4.16. The third-order valence-corrected chi connectivity index (χ3v) is 5.58. The maximum atomic E-state index is 3.49. The minimum absolute atomic E-state index is 0. The number of rotatable bonds is 1. The predicted molar refractivity (Wildman–Crippen MR) is 120 cm³/mol. The molecular formula is C28H16Y-2. The van der Waals surface area contributed by atoms with Crippen molar-refractivity contribution in [3.8, 4) is 11.1 Å². The molecule has 6 rings (SSSR count). The van der Waals surface area contributed by atoms with Crippen molar-refractivity contribution in [3.05, 3.63) is 109 Å². The Kier molecular flexibility index (Phi) is 4.70. The van der Waals surface area contributed by atoms with E-state index in [2.05, 4.69) is 103 Å². The van der Waals surface area contributed by atoms with E-state index in [0.717, 1.165) is 11.1 Å². The molecule has 0 nitrogen and oxygen atoms in total. The summed E-state index contributed by atoms with van der Waals surface area (Å²) >= 11 is 0. The summed E-state index contributed by atoms with van der Waals surface area (Å²) in [5.74, 6) is 0. The van der Waals surface area contributed by atoms with Gasteiger partial charge in [-0.1, -0.05) is 54.6 Å². The normalized spacial score (nSPS) is 11.2. The van der Waals surface area contributed by atoms with E-state index in [1.54, 1.807) is 0 Å². The Morgan fingerprint density at radius 1 is 0.483 bits per heavy atom. The number of benzene rings is 6. The second kappa shape index (κ2) is 7.37. The first-order chi connectivity index (χ1) is 13.8. The van der Waals surface area contributed by atoms with Crippen LogP contribution in [0.15, 0.2) is 97.1 Å². The minimum Gasteiger partial charge on any atom is -0.225 e. The average molecular weight is 441 g/mol. The first kappa shape index (κ1) is 18.5. The van der Waals surface area contributed by atoms with Crippen LogP contribution in [0.1, 0.15) is 0 Å². The Morgan fingerprint density at radius 2 is 1.07 bits per heavy atom. The average Bonchev–Trinajstić information content (AvgIpc) is 2.75. The van der Waals surface area contributed by atoms with Crippen LogP contribution in [0.4, 0.5) is 0 Å². The van der Waals surface area contributed by atoms with E-state index in [1.807, 2.05) is 6.07 Å². The molecule has 0 saturated heterocycles. The molecule has 0 aliphatic rings. The summed E-state index contributed by atoms with van der Waals surface area (Å²) in [4.78, 5) is 0. The molecule has 0 aliphatic heterocycles. The van der Waals surface area contributed by atoms with Crippen LogP contribution in [-0.2, 0) is 32.7 Å². The van der Waals surface area contributed by atoms with Crippen LogP contribution in [-0.4, -0.2) is 0 Å². The van der Waals surface area contributed by atoms with E-state index in [9.17, 15) is 0 Å². The number of hydrogen-bond acceptors (Lipinski definition) is 0. The fraction of sp³-hybridized carbons (Fsp3) is 0. The molecule has 0 unspecified atom stereocenters. The van der Waals surface area contributed by atoms with Crippen LogP contribution < -0.4 is 0 Å². The summed E-state index contributed by atoms with van der Waals surface area (Å²) in [6.07, 6.45) is 0. The van der Waals surface area contributed by atoms with Gasteiger partial charge >= 0.3 is 0 Å². The summed E-state index contributed by atoms with van der Waals surface area (Å²) < 4.78 is 0. The summed E-state index contributed by atoms with van der Waals surface area (Å²) in [5, 5.41) is 9.99. The third-order valence-electron chi connectivity index (χ3n) is 5.58. The van der Waals surface area contributed by atoms with Crippen molar-refractivity contribution in [3.63, 3.8) is 0 Å². The van der Waals surface area contributed by atoms with Gasteiger partial charge in [0.05, 0.1) is 0 Å². The Hall–Kier alpha value is -2.54. The zero-order chi connectivity index (χ0) is 18.5. The van der Waals surface area contributed by atoms with E-state index >= 15 is 0 Å². The van der Waals surface area contributed by atoms with Crippen LogP contribution in [0.5, 0.6) is 0 Å². The van der Waals surface area contributed by atoms with Crippen LogP contribution in [0, 0.1) is 12.1 Å². The van der Waals surface area contributed by atoms with Gasteiger partial charge in [0, 0.05) is 32.7 Å². The zero-order valence-corrected chi connectivity index (χ0v) is 18.7.